The molecular formula is C13H12N2O2. The van der Waals surface area contributed by atoms with Crippen LogP contribution in [0, 0.1) is 6.92 Å². The van der Waals surface area contributed by atoms with E-state index in [1.165, 1.54) is 13.1 Å². The lowest BCUT2D eigenvalue weighted by atomic mass is 10.2. The van der Waals surface area contributed by atoms with Crippen molar-refractivity contribution < 1.29 is 9.53 Å². The molecule has 4 heteroatoms. The number of pyridine rings is 2. The third-order valence-corrected chi connectivity index (χ3v) is 2.32. The fraction of sp³-hybridized carbons (Fsp3) is 0.154. The van der Waals surface area contributed by atoms with Crippen molar-refractivity contribution >= 4 is 5.78 Å². The van der Waals surface area contributed by atoms with Gasteiger partial charge in [0.25, 0.3) is 0 Å². The second-order valence-electron chi connectivity index (χ2n) is 3.63. The van der Waals surface area contributed by atoms with E-state index in [0.29, 0.717) is 17.2 Å². The Morgan fingerprint density at radius 1 is 1.24 bits per heavy atom. The molecule has 0 aromatic carbocycles. The summed E-state index contributed by atoms with van der Waals surface area (Å²) >= 11 is 0. The Balaban J connectivity index is 2.20. The summed E-state index contributed by atoms with van der Waals surface area (Å²) in [4.78, 5) is 19.3. The third-order valence-electron chi connectivity index (χ3n) is 2.32. The Hall–Kier alpha value is -2.23. The molecule has 0 atom stereocenters. The van der Waals surface area contributed by atoms with Crippen molar-refractivity contribution in [2.24, 2.45) is 0 Å². The van der Waals surface area contributed by atoms with Gasteiger partial charge in [0.2, 0.25) is 5.88 Å². The van der Waals surface area contributed by atoms with Crippen molar-refractivity contribution in [2.75, 3.05) is 0 Å². The lowest BCUT2D eigenvalue weighted by molar-refractivity contribution is 0.101. The van der Waals surface area contributed by atoms with Crippen molar-refractivity contribution in [3.8, 4) is 11.6 Å². The molecule has 0 fully saturated rings. The molecule has 4 nitrogen and oxygen atoms in total. The van der Waals surface area contributed by atoms with Crippen LogP contribution in [0.5, 0.6) is 11.6 Å². The molecule has 0 spiro atoms. The topological polar surface area (TPSA) is 52.1 Å². The van der Waals surface area contributed by atoms with Crippen LogP contribution in [0.3, 0.4) is 0 Å². The van der Waals surface area contributed by atoms with Crippen LogP contribution in [0.2, 0.25) is 0 Å². The lowest BCUT2D eigenvalue weighted by Crippen LogP contribution is -1.95. The highest BCUT2D eigenvalue weighted by molar-refractivity contribution is 5.93. The Kier molecular flexibility index (Phi) is 3.14. The smallest absolute Gasteiger partial charge is 0.219 e. The van der Waals surface area contributed by atoms with E-state index < -0.39 is 0 Å². The zero-order valence-electron chi connectivity index (χ0n) is 9.68. The van der Waals surface area contributed by atoms with Gasteiger partial charge in [-0.05, 0) is 32.0 Å². The van der Waals surface area contributed by atoms with Crippen LogP contribution in [0.1, 0.15) is 23.0 Å². The maximum absolute atomic E-state index is 11.1. The van der Waals surface area contributed by atoms with Crippen LogP contribution in [-0.4, -0.2) is 15.8 Å². The van der Waals surface area contributed by atoms with Gasteiger partial charge in [-0.1, -0.05) is 0 Å². The van der Waals surface area contributed by atoms with Crippen molar-refractivity contribution in [1.29, 1.82) is 0 Å². The van der Waals surface area contributed by atoms with Gasteiger partial charge in [-0.15, -0.1) is 0 Å². The molecule has 17 heavy (non-hydrogen) atoms. The Morgan fingerprint density at radius 3 is 2.65 bits per heavy atom. The highest BCUT2D eigenvalue weighted by Crippen LogP contribution is 2.21. The molecule has 2 aromatic heterocycles. The molecule has 86 valence electrons. The predicted molar refractivity (Wildman–Crippen MR) is 63.3 cm³/mol. The molecule has 0 N–H and O–H groups in total. The van der Waals surface area contributed by atoms with Crippen molar-refractivity contribution in [2.45, 2.75) is 13.8 Å². The van der Waals surface area contributed by atoms with Gasteiger partial charge in [-0.25, -0.2) is 4.98 Å². The van der Waals surface area contributed by atoms with Crippen molar-refractivity contribution in [3.05, 3.63) is 47.9 Å². The van der Waals surface area contributed by atoms with Gasteiger partial charge in [0.1, 0.15) is 0 Å². The van der Waals surface area contributed by atoms with E-state index in [-0.39, 0.29) is 5.78 Å². The van der Waals surface area contributed by atoms with E-state index in [2.05, 4.69) is 9.97 Å². The highest BCUT2D eigenvalue weighted by Gasteiger charge is 2.04. The van der Waals surface area contributed by atoms with Crippen LogP contribution >= 0.6 is 0 Å². The number of hydrogen-bond donors (Lipinski definition) is 0. The molecule has 0 radical (unpaired) electrons. The summed E-state index contributed by atoms with van der Waals surface area (Å²) in [6, 6.07) is 6.98. The lowest BCUT2D eigenvalue weighted by Gasteiger charge is -2.06. The Morgan fingerprint density at radius 2 is 2.06 bits per heavy atom. The Labute approximate surface area is 99.3 Å². The summed E-state index contributed by atoms with van der Waals surface area (Å²) in [6.07, 6.45) is 3.21. The molecule has 0 aliphatic carbocycles. The first-order valence-corrected chi connectivity index (χ1v) is 5.23. The first-order valence-electron chi connectivity index (χ1n) is 5.23. The minimum atomic E-state index is -0.0124. The van der Waals surface area contributed by atoms with E-state index in [4.69, 9.17) is 4.74 Å². The van der Waals surface area contributed by atoms with Gasteiger partial charge in [-0.3, -0.25) is 9.78 Å². The number of Topliss-reactive ketones (excluding diaryl/α,β-unsaturated/α-hetero) is 1. The van der Waals surface area contributed by atoms with Gasteiger partial charge >= 0.3 is 0 Å². The normalized spacial score (nSPS) is 10.0. The molecule has 2 rings (SSSR count). The fourth-order valence-corrected chi connectivity index (χ4v) is 1.34. The highest BCUT2D eigenvalue weighted by atomic mass is 16.5. The van der Waals surface area contributed by atoms with Crippen LogP contribution < -0.4 is 4.74 Å². The molecule has 0 aliphatic heterocycles. The molecule has 2 aromatic rings. The van der Waals surface area contributed by atoms with E-state index in [9.17, 15) is 4.79 Å². The Bertz CT molecular complexity index is 535. The van der Waals surface area contributed by atoms with Crippen molar-refractivity contribution in [1.82, 2.24) is 9.97 Å². The van der Waals surface area contributed by atoms with Gasteiger partial charge < -0.3 is 4.74 Å². The molecule has 0 saturated heterocycles. The molecule has 0 saturated carbocycles. The summed E-state index contributed by atoms with van der Waals surface area (Å²) in [5.74, 6) is 1.10. The number of ether oxygens (including phenoxy) is 1. The number of carbonyl (C=O) groups excluding carboxylic acids is 1. The molecule has 2 heterocycles. The van der Waals surface area contributed by atoms with Gasteiger partial charge in [0.05, 0.1) is 5.69 Å². The average Bonchev–Trinajstić information content (AvgIpc) is 2.33. The molecular weight excluding hydrogens is 216 g/mol. The number of rotatable bonds is 3. The van der Waals surface area contributed by atoms with Gasteiger partial charge in [0, 0.05) is 24.0 Å². The van der Waals surface area contributed by atoms with E-state index >= 15 is 0 Å². The molecule has 0 aliphatic rings. The second kappa shape index (κ2) is 4.74. The molecule has 0 amide bonds. The fourth-order valence-electron chi connectivity index (χ4n) is 1.34. The summed E-state index contributed by atoms with van der Waals surface area (Å²) in [5.41, 5.74) is 1.37. The predicted octanol–water partition coefficient (Wildman–Crippen LogP) is 2.78. The van der Waals surface area contributed by atoms with Crippen LogP contribution in [0.25, 0.3) is 0 Å². The standard InChI is InChI=1S/C13H12N2O2/c1-9-12(4-3-7-14-9)17-13-6-5-11(8-15-13)10(2)16/h3-8H,1-2H3. The van der Waals surface area contributed by atoms with Crippen LogP contribution in [0.4, 0.5) is 0 Å². The number of aromatic nitrogens is 2. The number of nitrogens with zero attached hydrogens (tertiary/aromatic N) is 2. The van der Waals surface area contributed by atoms with Gasteiger partial charge in [0.15, 0.2) is 11.5 Å². The number of ketones is 1. The number of carbonyl (C=O) groups is 1. The van der Waals surface area contributed by atoms with E-state index in [0.717, 1.165) is 5.69 Å². The summed E-state index contributed by atoms with van der Waals surface area (Å²) in [5, 5.41) is 0. The number of aryl methyl sites for hydroxylation is 1. The third kappa shape index (κ3) is 2.66. The van der Waals surface area contributed by atoms with Crippen LogP contribution in [0.15, 0.2) is 36.7 Å². The monoisotopic (exact) mass is 228 g/mol. The zero-order chi connectivity index (χ0) is 12.3. The van der Waals surface area contributed by atoms with E-state index in [1.54, 1.807) is 24.4 Å². The second-order valence-corrected chi connectivity index (χ2v) is 3.63. The first kappa shape index (κ1) is 11.3. The minimum Gasteiger partial charge on any atom is -0.437 e. The van der Waals surface area contributed by atoms with Crippen LogP contribution in [-0.2, 0) is 0 Å². The zero-order valence-corrected chi connectivity index (χ0v) is 9.68. The quantitative estimate of drug-likeness (QED) is 0.758. The molecule has 0 bridgehead atoms. The maximum Gasteiger partial charge on any atom is 0.219 e. The van der Waals surface area contributed by atoms with E-state index in [1.807, 2.05) is 13.0 Å². The van der Waals surface area contributed by atoms with Crippen molar-refractivity contribution in [3.63, 3.8) is 0 Å². The van der Waals surface area contributed by atoms with Gasteiger partial charge in [-0.2, -0.15) is 0 Å². The molecule has 0 unspecified atom stereocenters. The summed E-state index contributed by atoms with van der Waals surface area (Å²) in [6.45, 7) is 3.36. The largest absolute Gasteiger partial charge is 0.437 e. The average molecular weight is 228 g/mol. The first-order chi connectivity index (χ1) is 8.16. The SMILES string of the molecule is CC(=O)c1ccc(Oc2cccnc2C)nc1. The summed E-state index contributed by atoms with van der Waals surface area (Å²) in [7, 11) is 0. The number of hydrogen-bond acceptors (Lipinski definition) is 4. The maximum atomic E-state index is 11.1. The summed E-state index contributed by atoms with van der Waals surface area (Å²) < 4.78 is 5.56. The minimum absolute atomic E-state index is 0.0124.